The van der Waals surface area contributed by atoms with Gasteiger partial charge in [0.15, 0.2) is 5.96 Å². The minimum atomic E-state index is -1.42. The third-order valence-electron chi connectivity index (χ3n) is 5.09. The van der Waals surface area contributed by atoms with Crippen LogP contribution in [0.4, 0.5) is 0 Å². The molecule has 4 unspecified atom stereocenters. The molecule has 0 radical (unpaired) electrons. The first-order valence-corrected chi connectivity index (χ1v) is 11.5. The Morgan fingerprint density at radius 1 is 0.757 bits per heavy atom. The Bertz CT molecular complexity index is 859. The van der Waals surface area contributed by atoms with E-state index in [1.165, 1.54) is 0 Å². The Morgan fingerprint density at radius 3 is 1.73 bits per heavy atom. The number of hydrogen-bond donors (Lipinski definition) is 9. The number of carboxylic acids is 3. The van der Waals surface area contributed by atoms with Crippen LogP contribution in [-0.4, -0.2) is 87.6 Å². The van der Waals surface area contributed by atoms with Crippen molar-refractivity contribution < 1.29 is 44.1 Å². The van der Waals surface area contributed by atoms with Gasteiger partial charge in [-0.15, -0.1) is 0 Å². The Labute approximate surface area is 213 Å². The van der Waals surface area contributed by atoms with Crippen molar-refractivity contribution in [3.63, 3.8) is 0 Å². The minimum Gasteiger partial charge on any atom is -0.481 e. The molecule has 0 aromatic carbocycles. The molecule has 0 fully saturated rings. The number of nitrogens with zero attached hydrogens (tertiary/aromatic N) is 1. The summed E-state index contributed by atoms with van der Waals surface area (Å²) in [7, 11) is 0. The molecule has 4 atom stereocenters. The van der Waals surface area contributed by atoms with Crippen LogP contribution in [0, 0.1) is 5.92 Å². The lowest BCUT2D eigenvalue weighted by Gasteiger charge is -2.26. The molecule has 0 aliphatic carbocycles. The third-order valence-corrected chi connectivity index (χ3v) is 5.09. The zero-order valence-electron chi connectivity index (χ0n) is 20.8. The number of nitrogens with one attached hydrogen (secondary N) is 3. The zero-order chi connectivity index (χ0) is 28.7. The van der Waals surface area contributed by atoms with Gasteiger partial charge in [0.1, 0.15) is 18.1 Å². The topological polar surface area (TPSA) is 290 Å². The fraction of sp³-hybridized carbons (Fsp3) is 0.667. The van der Waals surface area contributed by atoms with Gasteiger partial charge in [0.05, 0.1) is 6.04 Å². The van der Waals surface area contributed by atoms with Crippen LogP contribution in [0.5, 0.6) is 0 Å². The average molecular weight is 532 g/mol. The lowest BCUT2D eigenvalue weighted by molar-refractivity contribution is -0.143. The van der Waals surface area contributed by atoms with E-state index in [4.69, 9.17) is 27.4 Å². The highest BCUT2D eigenvalue weighted by atomic mass is 16.4. The zero-order valence-corrected chi connectivity index (χ0v) is 20.8. The monoisotopic (exact) mass is 531 g/mol. The molecule has 12 N–H and O–H groups in total. The van der Waals surface area contributed by atoms with Gasteiger partial charge < -0.3 is 48.5 Å². The number of aliphatic carboxylic acids is 3. The summed E-state index contributed by atoms with van der Waals surface area (Å²) < 4.78 is 0. The van der Waals surface area contributed by atoms with Crippen molar-refractivity contribution in [2.24, 2.45) is 28.1 Å². The third kappa shape index (κ3) is 14.3. The first kappa shape index (κ1) is 33.0. The van der Waals surface area contributed by atoms with E-state index in [1.54, 1.807) is 13.8 Å². The molecule has 3 amide bonds. The largest absolute Gasteiger partial charge is 0.481 e. The number of guanidine groups is 1. The highest BCUT2D eigenvalue weighted by molar-refractivity contribution is 5.94. The highest BCUT2D eigenvalue weighted by Gasteiger charge is 2.31. The normalized spacial score (nSPS) is 13.9. The second kappa shape index (κ2) is 16.7. The van der Waals surface area contributed by atoms with Gasteiger partial charge in [-0.25, -0.2) is 4.79 Å². The SMILES string of the molecule is CC(C)C(NC(=O)C(CCCN=C(N)N)NC(=O)C(CCC(=O)O)NC(=O)C(N)CCC(=O)O)C(=O)O. The molecule has 0 heterocycles. The molecule has 210 valence electrons. The number of carboxylic acid groups (broad SMARTS) is 3. The summed E-state index contributed by atoms with van der Waals surface area (Å²) in [6.07, 6.45) is -1.31. The van der Waals surface area contributed by atoms with Gasteiger partial charge >= 0.3 is 17.9 Å². The number of rotatable bonds is 18. The number of aliphatic imine (C=N–C) groups is 1. The summed E-state index contributed by atoms with van der Waals surface area (Å²) >= 11 is 0. The van der Waals surface area contributed by atoms with Crippen molar-refractivity contribution in [1.29, 1.82) is 0 Å². The van der Waals surface area contributed by atoms with E-state index in [9.17, 15) is 33.9 Å². The van der Waals surface area contributed by atoms with Gasteiger partial charge in [0.25, 0.3) is 0 Å². The van der Waals surface area contributed by atoms with Crippen LogP contribution in [-0.2, 0) is 28.8 Å². The first-order chi connectivity index (χ1) is 17.1. The second-order valence-corrected chi connectivity index (χ2v) is 8.61. The van der Waals surface area contributed by atoms with Crippen LogP contribution in [0.1, 0.15) is 52.4 Å². The maximum Gasteiger partial charge on any atom is 0.326 e. The predicted octanol–water partition coefficient (Wildman–Crippen LogP) is -2.71. The maximum atomic E-state index is 13.0. The standard InChI is InChI=1S/C21H37N7O9/c1-10(2)16(20(36)37)28-19(35)12(4-3-9-25-21(23)24)27-18(34)13(6-8-15(31)32)26-17(33)11(22)5-7-14(29)30/h10-13,16H,3-9,22H2,1-2H3,(H,26,33)(H,27,34)(H,28,35)(H,29,30)(H,31,32)(H,36,37)(H4,23,24,25). The Hall–Kier alpha value is -3.95. The molecule has 16 nitrogen and oxygen atoms in total. The fourth-order valence-corrected chi connectivity index (χ4v) is 3.04. The molecule has 0 aromatic rings. The summed E-state index contributed by atoms with van der Waals surface area (Å²) in [5.41, 5.74) is 16.2. The van der Waals surface area contributed by atoms with Crippen LogP contribution in [0.3, 0.4) is 0 Å². The van der Waals surface area contributed by atoms with Crippen LogP contribution in [0.25, 0.3) is 0 Å². The number of carbonyl (C=O) groups is 6. The van der Waals surface area contributed by atoms with E-state index in [2.05, 4.69) is 20.9 Å². The molecular weight excluding hydrogens is 494 g/mol. The molecule has 0 saturated heterocycles. The highest BCUT2D eigenvalue weighted by Crippen LogP contribution is 2.07. The van der Waals surface area contributed by atoms with Crippen molar-refractivity contribution in [3.05, 3.63) is 0 Å². The molecule has 0 aliphatic heterocycles. The molecule has 0 spiro atoms. The predicted molar refractivity (Wildman–Crippen MR) is 130 cm³/mol. The molecule has 37 heavy (non-hydrogen) atoms. The first-order valence-electron chi connectivity index (χ1n) is 11.5. The molecule has 16 heteroatoms. The van der Waals surface area contributed by atoms with Crippen LogP contribution >= 0.6 is 0 Å². The van der Waals surface area contributed by atoms with E-state index in [0.29, 0.717) is 0 Å². The summed E-state index contributed by atoms with van der Waals surface area (Å²) in [6.45, 7) is 3.26. The molecule has 0 saturated carbocycles. The molecule has 0 aliphatic rings. The lowest BCUT2D eigenvalue weighted by Crippen LogP contribution is -2.57. The number of carbonyl (C=O) groups excluding carboxylic acids is 3. The van der Waals surface area contributed by atoms with E-state index in [0.717, 1.165) is 0 Å². The van der Waals surface area contributed by atoms with Gasteiger partial charge in [-0.2, -0.15) is 0 Å². The maximum absolute atomic E-state index is 13.0. The summed E-state index contributed by atoms with van der Waals surface area (Å²) in [6, 6.07) is -5.23. The van der Waals surface area contributed by atoms with E-state index in [-0.39, 0.29) is 38.2 Å². The Balaban J connectivity index is 5.67. The molecule has 0 aromatic heterocycles. The van der Waals surface area contributed by atoms with E-state index >= 15 is 0 Å². The summed E-state index contributed by atoms with van der Waals surface area (Å²) in [4.78, 5) is 75.2. The van der Waals surface area contributed by atoms with Gasteiger partial charge in [-0.05, 0) is 31.6 Å². The summed E-state index contributed by atoms with van der Waals surface area (Å²) in [5.74, 6) is -7.00. The Morgan fingerprint density at radius 2 is 1.24 bits per heavy atom. The second-order valence-electron chi connectivity index (χ2n) is 8.61. The van der Waals surface area contributed by atoms with E-state index in [1.807, 2.05) is 0 Å². The van der Waals surface area contributed by atoms with E-state index < -0.39 is 78.6 Å². The van der Waals surface area contributed by atoms with Crippen molar-refractivity contribution in [1.82, 2.24) is 16.0 Å². The van der Waals surface area contributed by atoms with Crippen LogP contribution < -0.4 is 33.2 Å². The minimum absolute atomic E-state index is 0.0174. The molecule has 0 bridgehead atoms. The van der Waals surface area contributed by atoms with Gasteiger partial charge in [0.2, 0.25) is 17.7 Å². The lowest BCUT2D eigenvalue weighted by atomic mass is 10.0. The summed E-state index contributed by atoms with van der Waals surface area (Å²) in [5, 5.41) is 34.2. The van der Waals surface area contributed by atoms with Gasteiger partial charge in [0, 0.05) is 19.4 Å². The average Bonchev–Trinajstić information content (AvgIpc) is 2.78. The number of hydrogen-bond acceptors (Lipinski definition) is 8. The fourth-order valence-electron chi connectivity index (χ4n) is 3.04. The van der Waals surface area contributed by atoms with Crippen LogP contribution in [0.15, 0.2) is 4.99 Å². The molecular formula is C21H37N7O9. The smallest absolute Gasteiger partial charge is 0.326 e. The van der Waals surface area contributed by atoms with Crippen LogP contribution in [0.2, 0.25) is 0 Å². The number of nitrogens with two attached hydrogens (primary N) is 3. The Kier molecular flexibility index (Phi) is 14.9. The quantitative estimate of drug-likeness (QED) is 0.0495. The van der Waals surface area contributed by atoms with Crippen molar-refractivity contribution in [2.45, 2.75) is 76.5 Å². The van der Waals surface area contributed by atoms with Gasteiger partial charge in [-0.3, -0.25) is 29.0 Å². The van der Waals surface area contributed by atoms with Crippen molar-refractivity contribution >= 4 is 41.6 Å². The molecule has 0 rings (SSSR count). The number of amides is 3. The van der Waals surface area contributed by atoms with Crippen molar-refractivity contribution in [2.75, 3.05) is 6.54 Å². The van der Waals surface area contributed by atoms with Crippen molar-refractivity contribution in [3.8, 4) is 0 Å². The van der Waals surface area contributed by atoms with Gasteiger partial charge in [-0.1, -0.05) is 13.8 Å².